The number of hydrogen-bond acceptors (Lipinski definition) is 4. The molecule has 2 aromatic carbocycles. The monoisotopic (exact) mass is 408 g/mol. The number of unbranched alkanes of at least 4 members (excludes halogenated alkanes) is 1. The number of amides is 1. The van der Waals surface area contributed by atoms with Gasteiger partial charge >= 0.3 is 6.09 Å². The summed E-state index contributed by atoms with van der Waals surface area (Å²) in [5, 5.41) is 0. The third-order valence-corrected chi connectivity index (χ3v) is 5.30. The maximum Gasteiger partial charge on any atom is 0.410 e. The molecule has 0 aromatic heterocycles. The SMILES string of the molecule is C=CCCCOCC1CN(C(=O)OCc2ccccc2)CCN1Cc1ccccc1. The van der Waals surface area contributed by atoms with Crippen molar-refractivity contribution in [3.63, 3.8) is 0 Å². The van der Waals surface area contributed by atoms with Gasteiger partial charge in [-0.05, 0) is 24.0 Å². The number of carbonyl (C=O) groups is 1. The fraction of sp³-hybridized carbons (Fsp3) is 0.400. The minimum atomic E-state index is -0.255. The Balaban J connectivity index is 1.55. The molecule has 0 spiro atoms. The van der Waals surface area contributed by atoms with Crippen LogP contribution in [-0.2, 0) is 22.6 Å². The molecule has 5 heteroatoms. The molecule has 5 nitrogen and oxygen atoms in total. The fourth-order valence-corrected chi connectivity index (χ4v) is 3.60. The van der Waals surface area contributed by atoms with E-state index in [1.807, 2.05) is 47.4 Å². The van der Waals surface area contributed by atoms with Gasteiger partial charge in [-0.25, -0.2) is 4.79 Å². The quantitative estimate of drug-likeness (QED) is 0.429. The van der Waals surface area contributed by atoms with Crippen LogP contribution in [0.25, 0.3) is 0 Å². The van der Waals surface area contributed by atoms with E-state index in [2.05, 4.69) is 35.7 Å². The molecule has 160 valence electrons. The summed E-state index contributed by atoms with van der Waals surface area (Å²) in [6.45, 7) is 8.29. The molecule has 1 atom stereocenters. The summed E-state index contributed by atoms with van der Waals surface area (Å²) in [5.74, 6) is 0. The van der Waals surface area contributed by atoms with E-state index in [1.54, 1.807) is 0 Å². The average Bonchev–Trinajstić information content (AvgIpc) is 2.79. The number of ether oxygens (including phenoxy) is 2. The first-order valence-corrected chi connectivity index (χ1v) is 10.7. The Morgan fingerprint density at radius 3 is 2.43 bits per heavy atom. The highest BCUT2D eigenvalue weighted by molar-refractivity contribution is 5.67. The Kier molecular flexibility index (Phi) is 8.94. The van der Waals surface area contributed by atoms with Crippen LogP contribution in [0.5, 0.6) is 0 Å². The van der Waals surface area contributed by atoms with E-state index in [0.29, 0.717) is 32.9 Å². The topological polar surface area (TPSA) is 42.0 Å². The number of benzene rings is 2. The van der Waals surface area contributed by atoms with E-state index in [-0.39, 0.29) is 12.1 Å². The molecule has 0 bridgehead atoms. The van der Waals surface area contributed by atoms with E-state index in [9.17, 15) is 4.79 Å². The molecule has 1 aliphatic heterocycles. The first-order chi connectivity index (χ1) is 14.8. The highest BCUT2D eigenvalue weighted by Crippen LogP contribution is 2.16. The zero-order chi connectivity index (χ0) is 21.0. The zero-order valence-electron chi connectivity index (χ0n) is 17.6. The standard InChI is InChI=1S/C25H32N2O3/c1-2-3-10-17-29-21-24-19-27(25(28)30-20-23-13-8-5-9-14-23)16-15-26(24)18-22-11-6-4-7-12-22/h2,4-9,11-14,24H,1,3,10,15-21H2. The molecule has 2 aromatic rings. The van der Waals surface area contributed by atoms with E-state index < -0.39 is 0 Å². The van der Waals surface area contributed by atoms with Crippen molar-refractivity contribution < 1.29 is 14.3 Å². The van der Waals surface area contributed by atoms with Gasteiger partial charge in [0.05, 0.1) is 12.6 Å². The number of nitrogens with zero attached hydrogens (tertiary/aromatic N) is 2. The summed E-state index contributed by atoms with van der Waals surface area (Å²) in [6.07, 6.45) is 3.58. The number of allylic oxidation sites excluding steroid dienone is 1. The van der Waals surface area contributed by atoms with Crippen molar-refractivity contribution in [1.29, 1.82) is 0 Å². The summed E-state index contributed by atoms with van der Waals surface area (Å²) in [5.41, 5.74) is 2.27. The molecule has 1 amide bonds. The molecule has 1 unspecified atom stereocenters. The van der Waals surface area contributed by atoms with Crippen LogP contribution >= 0.6 is 0 Å². The predicted molar refractivity (Wildman–Crippen MR) is 119 cm³/mol. The van der Waals surface area contributed by atoms with Crippen LogP contribution in [0.4, 0.5) is 4.79 Å². The summed E-state index contributed by atoms with van der Waals surface area (Å²) in [6, 6.07) is 20.4. The minimum absolute atomic E-state index is 0.145. The lowest BCUT2D eigenvalue weighted by Gasteiger charge is -2.40. The summed E-state index contributed by atoms with van der Waals surface area (Å²) >= 11 is 0. The predicted octanol–water partition coefficient (Wildman–Crippen LogP) is 4.49. The first kappa shape index (κ1) is 22.1. The smallest absolute Gasteiger partial charge is 0.410 e. The summed E-state index contributed by atoms with van der Waals surface area (Å²) in [4.78, 5) is 16.8. The van der Waals surface area contributed by atoms with Gasteiger partial charge in [-0.1, -0.05) is 66.7 Å². The normalized spacial score (nSPS) is 16.9. The van der Waals surface area contributed by atoms with Gasteiger partial charge in [0.15, 0.2) is 0 Å². The average molecular weight is 409 g/mol. The zero-order valence-corrected chi connectivity index (χ0v) is 17.6. The molecule has 1 aliphatic rings. The molecule has 0 radical (unpaired) electrons. The van der Waals surface area contributed by atoms with E-state index in [1.165, 1.54) is 5.56 Å². The number of piperazine rings is 1. The first-order valence-electron chi connectivity index (χ1n) is 10.7. The Labute approximate surface area is 179 Å². The van der Waals surface area contributed by atoms with Crippen molar-refractivity contribution in [3.8, 4) is 0 Å². The van der Waals surface area contributed by atoms with Crippen molar-refractivity contribution >= 4 is 6.09 Å². The highest BCUT2D eigenvalue weighted by Gasteiger charge is 2.30. The Morgan fingerprint density at radius 2 is 1.73 bits per heavy atom. The van der Waals surface area contributed by atoms with E-state index in [0.717, 1.165) is 31.5 Å². The van der Waals surface area contributed by atoms with Crippen LogP contribution in [0.15, 0.2) is 73.3 Å². The maximum atomic E-state index is 12.6. The Bertz CT molecular complexity index is 766. The van der Waals surface area contributed by atoms with Crippen molar-refractivity contribution in [1.82, 2.24) is 9.80 Å². The maximum absolute atomic E-state index is 12.6. The molecule has 30 heavy (non-hydrogen) atoms. The Hall–Kier alpha value is -2.63. The van der Waals surface area contributed by atoms with Gasteiger partial charge in [-0.15, -0.1) is 6.58 Å². The van der Waals surface area contributed by atoms with Crippen LogP contribution < -0.4 is 0 Å². The lowest BCUT2D eigenvalue weighted by atomic mass is 10.1. The molecule has 3 rings (SSSR count). The van der Waals surface area contributed by atoms with Crippen molar-refractivity contribution in [2.75, 3.05) is 32.8 Å². The van der Waals surface area contributed by atoms with Gasteiger partial charge in [-0.2, -0.15) is 0 Å². The molecule has 1 heterocycles. The molecular formula is C25H32N2O3. The van der Waals surface area contributed by atoms with Gasteiger partial charge in [0, 0.05) is 32.8 Å². The van der Waals surface area contributed by atoms with Gasteiger partial charge < -0.3 is 14.4 Å². The molecule has 1 fully saturated rings. The largest absolute Gasteiger partial charge is 0.445 e. The molecule has 0 aliphatic carbocycles. The third-order valence-electron chi connectivity index (χ3n) is 5.30. The minimum Gasteiger partial charge on any atom is -0.445 e. The fourth-order valence-electron chi connectivity index (χ4n) is 3.60. The second-order valence-electron chi connectivity index (χ2n) is 7.60. The molecule has 0 saturated carbocycles. The van der Waals surface area contributed by atoms with Crippen molar-refractivity contribution in [2.24, 2.45) is 0 Å². The summed E-state index contributed by atoms with van der Waals surface area (Å²) < 4.78 is 11.5. The van der Waals surface area contributed by atoms with E-state index in [4.69, 9.17) is 9.47 Å². The lowest BCUT2D eigenvalue weighted by molar-refractivity contribution is 0.00174. The molecular weight excluding hydrogens is 376 g/mol. The lowest BCUT2D eigenvalue weighted by Crippen LogP contribution is -2.56. The van der Waals surface area contributed by atoms with Crippen LogP contribution in [0.3, 0.4) is 0 Å². The van der Waals surface area contributed by atoms with Gasteiger partial charge in [0.2, 0.25) is 0 Å². The molecule has 1 saturated heterocycles. The highest BCUT2D eigenvalue weighted by atomic mass is 16.6. The van der Waals surface area contributed by atoms with Crippen LogP contribution in [0, 0.1) is 0 Å². The van der Waals surface area contributed by atoms with Crippen LogP contribution in [0.1, 0.15) is 24.0 Å². The third kappa shape index (κ3) is 7.01. The van der Waals surface area contributed by atoms with Gasteiger partial charge in [-0.3, -0.25) is 4.90 Å². The van der Waals surface area contributed by atoms with Crippen LogP contribution in [0.2, 0.25) is 0 Å². The van der Waals surface area contributed by atoms with Crippen LogP contribution in [-0.4, -0.2) is 54.8 Å². The number of carbonyl (C=O) groups excluding carboxylic acids is 1. The molecule has 0 N–H and O–H groups in total. The second kappa shape index (κ2) is 12.2. The number of rotatable bonds is 10. The van der Waals surface area contributed by atoms with E-state index >= 15 is 0 Å². The number of hydrogen-bond donors (Lipinski definition) is 0. The second-order valence-corrected chi connectivity index (χ2v) is 7.60. The Morgan fingerprint density at radius 1 is 1.03 bits per heavy atom. The van der Waals surface area contributed by atoms with Gasteiger partial charge in [0.1, 0.15) is 6.61 Å². The summed E-state index contributed by atoms with van der Waals surface area (Å²) in [7, 11) is 0. The van der Waals surface area contributed by atoms with Crippen molar-refractivity contribution in [2.45, 2.75) is 32.0 Å². The van der Waals surface area contributed by atoms with Crippen molar-refractivity contribution in [3.05, 3.63) is 84.4 Å². The van der Waals surface area contributed by atoms with Gasteiger partial charge in [0.25, 0.3) is 0 Å².